The van der Waals surface area contributed by atoms with Crippen LogP contribution in [0.15, 0.2) is 29.0 Å². The zero-order valence-electron chi connectivity index (χ0n) is 14.3. The Balaban J connectivity index is 1.51. The summed E-state index contributed by atoms with van der Waals surface area (Å²) >= 11 is 0. The van der Waals surface area contributed by atoms with Crippen molar-refractivity contribution in [2.24, 2.45) is 5.92 Å². The van der Waals surface area contributed by atoms with Gasteiger partial charge in [0.15, 0.2) is 5.82 Å². The van der Waals surface area contributed by atoms with Crippen LogP contribution in [0.1, 0.15) is 87.1 Å². The van der Waals surface area contributed by atoms with Crippen molar-refractivity contribution < 1.29 is 4.52 Å². The third kappa shape index (κ3) is 3.51. The van der Waals surface area contributed by atoms with Crippen molar-refractivity contribution in [2.45, 2.75) is 69.9 Å². The highest BCUT2D eigenvalue weighted by Gasteiger charge is 2.31. The highest BCUT2D eigenvalue weighted by Crippen LogP contribution is 2.39. The molecule has 2 aromatic heterocycles. The summed E-state index contributed by atoms with van der Waals surface area (Å²) in [5.41, 5.74) is 1.26. The summed E-state index contributed by atoms with van der Waals surface area (Å²) in [7, 11) is 0. The molecule has 5 heteroatoms. The Bertz CT molecular complexity index is 646. The highest BCUT2D eigenvalue weighted by atomic mass is 16.5. The Labute approximate surface area is 143 Å². The number of nitrogens with zero attached hydrogens (tertiary/aromatic N) is 3. The van der Waals surface area contributed by atoms with E-state index in [1.807, 2.05) is 18.5 Å². The molecule has 2 aliphatic carbocycles. The van der Waals surface area contributed by atoms with Gasteiger partial charge >= 0.3 is 0 Å². The molecule has 2 fully saturated rings. The summed E-state index contributed by atoms with van der Waals surface area (Å²) in [6.45, 7) is 2.12. The minimum absolute atomic E-state index is 0.0529. The lowest BCUT2D eigenvalue weighted by molar-refractivity contribution is 0.239. The first-order chi connectivity index (χ1) is 11.8. The first kappa shape index (κ1) is 15.8. The molecule has 0 unspecified atom stereocenters. The molecule has 4 rings (SSSR count). The number of nitrogens with one attached hydrogen (secondary N) is 1. The lowest BCUT2D eigenvalue weighted by atomic mass is 9.81. The van der Waals surface area contributed by atoms with Gasteiger partial charge in [-0.15, -0.1) is 0 Å². The van der Waals surface area contributed by atoms with Crippen LogP contribution in [0.5, 0.6) is 0 Å². The van der Waals surface area contributed by atoms with Crippen LogP contribution >= 0.6 is 0 Å². The van der Waals surface area contributed by atoms with E-state index in [0.29, 0.717) is 23.8 Å². The first-order valence-corrected chi connectivity index (χ1v) is 9.30. The fraction of sp³-hybridized carbons (Fsp3) is 0.632. The van der Waals surface area contributed by atoms with Crippen LogP contribution in [0.25, 0.3) is 0 Å². The lowest BCUT2D eigenvalue weighted by Crippen LogP contribution is -2.32. The van der Waals surface area contributed by atoms with E-state index in [-0.39, 0.29) is 6.04 Å². The summed E-state index contributed by atoms with van der Waals surface area (Å²) in [5.74, 6) is 2.77. The van der Waals surface area contributed by atoms with E-state index in [1.165, 1.54) is 50.5 Å². The van der Waals surface area contributed by atoms with Crippen molar-refractivity contribution in [3.8, 4) is 0 Å². The van der Waals surface area contributed by atoms with E-state index in [9.17, 15) is 0 Å². The lowest BCUT2D eigenvalue weighted by Gasteiger charge is -2.32. The molecule has 0 spiro atoms. The normalized spacial score (nSPS) is 21.5. The molecule has 2 aromatic rings. The van der Waals surface area contributed by atoms with E-state index in [4.69, 9.17) is 4.52 Å². The summed E-state index contributed by atoms with van der Waals surface area (Å²) in [5, 5.41) is 7.91. The van der Waals surface area contributed by atoms with Crippen molar-refractivity contribution in [3.05, 3.63) is 41.8 Å². The van der Waals surface area contributed by atoms with Gasteiger partial charge in [0, 0.05) is 24.4 Å². The average molecular weight is 326 g/mol. The molecule has 2 aliphatic rings. The maximum Gasteiger partial charge on any atom is 0.243 e. The van der Waals surface area contributed by atoms with E-state index < -0.39 is 0 Å². The minimum Gasteiger partial charge on any atom is -0.338 e. The van der Waals surface area contributed by atoms with Gasteiger partial charge < -0.3 is 4.52 Å². The minimum atomic E-state index is 0.0529. The smallest absolute Gasteiger partial charge is 0.243 e. The SMILES string of the molecule is C[C@H](N[C@@H](c1cccnc1)C1CCCCC1)c1nc(C2CC2)no1. The zero-order chi connectivity index (χ0) is 16.4. The van der Waals surface area contributed by atoms with Crippen LogP contribution in [-0.4, -0.2) is 15.1 Å². The fourth-order valence-electron chi connectivity index (χ4n) is 3.80. The number of hydrogen-bond donors (Lipinski definition) is 1. The predicted molar refractivity (Wildman–Crippen MR) is 91.4 cm³/mol. The molecule has 0 saturated heterocycles. The van der Waals surface area contributed by atoms with Gasteiger partial charge in [0.05, 0.1) is 6.04 Å². The standard InChI is InChI=1S/C19H26N4O/c1-13(19-22-18(23-24-19)15-9-10-15)21-17(14-6-3-2-4-7-14)16-8-5-11-20-12-16/h5,8,11-15,17,21H,2-4,6-7,9-10H2,1H3/t13-,17+/m0/s1. The van der Waals surface area contributed by atoms with Crippen molar-refractivity contribution in [1.29, 1.82) is 0 Å². The van der Waals surface area contributed by atoms with Gasteiger partial charge in [-0.1, -0.05) is 30.5 Å². The van der Waals surface area contributed by atoms with Crippen molar-refractivity contribution >= 4 is 0 Å². The fourth-order valence-corrected chi connectivity index (χ4v) is 3.80. The van der Waals surface area contributed by atoms with E-state index in [1.54, 1.807) is 0 Å². The number of rotatable bonds is 6. The molecule has 1 N–H and O–H groups in total. The van der Waals surface area contributed by atoms with Crippen LogP contribution < -0.4 is 5.32 Å². The van der Waals surface area contributed by atoms with E-state index >= 15 is 0 Å². The molecular weight excluding hydrogens is 300 g/mol. The predicted octanol–water partition coefficient (Wildman–Crippen LogP) is 4.31. The number of pyridine rings is 1. The molecule has 0 bridgehead atoms. The van der Waals surface area contributed by atoms with Gasteiger partial charge in [-0.2, -0.15) is 4.98 Å². The van der Waals surface area contributed by atoms with Crippen LogP contribution in [0, 0.1) is 5.92 Å². The van der Waals surface area contributed by atoms with Gasteiger partial charge in [0.25, 0.3) is 0 Å². The zero-order valence-corrected chi connectivity index (χ0v) is 14.3. The second-order valence-corrected chi connectivity index (χ2v) is 7.32. The molecule has 2 heterocycles. The maximum absolute atomic E-state index is 5.51. The molecule has 128 valence electrons. The van der Waals surface area contributed by atoms with Gasteiger partial charge in [-0.3, -0.25) is 10.3 Å². The average Bonchev–Trinajstić information content (AvgIpc) is 3.38. The van der Waals surface area contributed by atoms with Crippen LogP contribution in [0.3, 0.4) is 0 Å². The van der Waals surface area contributed by atoms with E-state index in [2.05, 4.69) is 33.4 Å². The molecule has 0 radical (unpaired) electrons. The Morgan fingerprint density at radius 1 is 1.17 bits per heavy atom. The molecule has 0 amide bonds. The van der Waals surface area contributed by atoms with Gasteiger partial charge in [0.1, 0.15) is 0 Å². The van der Waals surface area contributed by atoms with Crippen molar-refractivity contribution in [3.63, 3.8) is 0 Å². The third-order valence-corrected chi connectivity index (χ3v) is 5.36. The second-order valence-electron chi connectivity index (χ2n) is 7.32. The van der Waals surface area contributed by atoms with Crippen LogP contribution in [-0.2, 0) is 0 Å². The Hall–Kier alpha value is -1.75. The number of hydrogen-bond acceptors (Lipinski definition) is 5. The van der Waals surface area contributed by atoms with Gasteiger partial charge in [-0.05, 0) is 50.2 Å². The van der Waals surface area contributed by atoms with Crippen molar-refractivity contribution in [1.82, 2.24) is 20.4 Å². The number of aromatic nitrogens is 3. The Kier molecular flexibility index (Phi) is 4.60. The summed E-state index contributed by atoms with van der Waals surface area (Å²) in [6, 6.07) is 4.55. The molecule has 0 aromatic carbocycles. The summed E-state index contributed by atoms with van der Waals surface area (Å²) < 4.78 is 5.51. The largest absolute Gasteiger partial charge is 0.338 e. The van der Waals surface area contributed by atoms with Crippen molar-refractivity contribution in [2.75, 3.05) is 0 Å². The first-order valence-electron chi connectivity index (χ1n) is 9.30. The van der Waals surface area contributed by atoms with Gasteiger partial charge in [-0.25, -0.2) is 0 Å². The summed E-state index contributed by atoms with van der Waals surface area (Å²) in [6.07, 6.45) is 12.8. The molecule has 5 nitrogen and oxygen atoms in total. The molecule has 2 saturated carbocycles. The monoisotopic (exact) mass is 326 g/mol. The molecular formula is C19H26N4O. The topological polar surface area (TPSA) is 63.8 Å². The van der Waals surface area contributed by atoms with Gasteiger partial charge in [0.2, 0.25) is 5.89 Å². The Morgan fingerprint density at radius 3 is 2.71 bits per heavy atom. The Morgan fingerprint density at radius 2 is 2.00 bits per heavy atom. The molecule has 2 atom stereocenters. The summed E-state index contributed by atoms with van der Waals surface area (Å²) in [4.78, 5) is 8.93. The van der Waals surface area contributed by atoms with Crippen LogP contribution in [0.2, 0.25) is 0 Å². The molecule has 24 heavy (non-hydrogen) atoms. The third-order valence-electron chi connectivity index (χ3n) is 5.36. The van der Waals surface area contributed by atoms with E-state index in [0.717, 1.165) is 5.82 Å². The van der Waals surface area contributed by atoms with Crippen LogP contribution in [0.4, 0.5) is 0 Å². The highest BCUT2D eigenvalue weighted by molar-refractivity contribution is 5.16. The molecule has 0 aliphatic heterocycles. The maximum atomic E-state index is 5.51. The second kappa shape index (κ2) is 7.01. The quantitative estimate of drug-likeness (QED) is 0.856.